The number of hydrogen-bond donors (Lipinski definition) is 3. The number of ether oxygens (including phenoxy) is 1. The zero-order valence-corrected chi connectivity index (χ0v) is 14.4. The fourth-order valence-electron chi connectivity index (χ4n) is 2.72. The number of nitrogens with one attached hydrogen (secondary N) is 1. The van der Waals surface area contributed by atoms with Gasteiger partial charge in [-0.25, -0.2) is 14.6 Å². The molecule has 0 aromatic heterocycles. The minimum atomic E-state index is -1.21. The first-order valence-corrected chi connectivity index (χ1v) is 8.05. The topological polar surface area (TPSA) is 129 Å². The van der Waals surface area contributed by atoms with Gasteiger partial charge >= 0.3 is 11.9 Å². The van der Waals surface area contributed by atoms with E-state index in [2.05, 4.69) is 15.0 Å². The van der Waals surface area contributed by atoms with Crippen molar-refractivity contribution in [3.8, 4) is 0 Å². The molecule has 9 heteroatoms. The molecule has 1 atom stereocenters. The number of carboxylic acid groups (broad SMARTS) is 1. The van der Waals surface area contributed by atoms with Gasteiger partial charge in [0.25, 0.3) is 5.91 Å². The molecule has 0 saturated heterocycles. The normalized spacial score (nSPS) is 18.1. The third-order valence-corrected chi connectivity index (χ3v) is 4.07. The van der Waals surface area contributed by atoms with Crippen LogP contribution in [0.5, 0.6) is 0 Å². The maximum atomic E-state index is 12.4. The summed E-state index contributed by atoms with van der Waals surface area (Å²) in [6.45, 7) is 0.249. The average molecular weight is 371 g/mol. The van der Waals surface area contributed by atoms with Crippen molar-refractivity contribution < 1.29 is 29.3 Å². The average Bonchev–Trinajstić information content (AvgIpc) is 3.04. The Morgan fingerprint density at radius 2 is 2.00 bits per heavy atom. The molecular formula is C18H17N3O6. The van der Waals surface area contributed by atoms with Gasteiger partial charge in [0, 0.05) is 12.6 Å². The number of esters is 1. The molecule has 3 N–H and O–H groups in total. The number of rotatable bonds is 5. The van der Waals surface area contributed by atoms with Gasteiger partial charge in [0.1, 0.15) is 17.2 Å². The maximum absolute atomic E-state index is 12.4. The molecule has 9 nitrogen and oxygen atoms in total. The second kappa shape index (κ2) is 7.42. The van der Waals surface area contributed by atoms with Crippen LogP contribution in [-0.4, -0.2) is 58.4 Å². The number of carboxylic acids is 1. The minimum absolute atomic E-state index is 0.0600. The first-order valence-electron chi connectivity index (χ1n) is 8.05. The molecule has 0 saturated carbocycles. The number of aliphatic hydroxyl groups excluding tert-OH is 1. The Morgan fingerprint density at radius 3 is 2.63 bits per heavy atom. The van der Waals surface area contributed by atoms with E-state index >= 15 is 0 Å². The summed E-state index contributed by atoms with van der Waals surface area (Å²) in [5.41, 5.74) is 0.952. The van der Waals surface area contributed by atoms with Gasteiger partial charge in [0.15, 0.2) is 0 Å². The molecule has 140 valence electrons. The highest BCUT2D eigenvalue weighted by Gasteiger charge is 2.32. The number of aliphatic imine (C=N–C) groups is 1. The zero-order valence-electron chi connectivity index (χ0n) is 14.4. The number of carbonyl (C=O) groups is 3. The Balaban J connectivity index is 1.70. The Labute approximate surface area is 154 Å². The van der Waals surface area contributed by atoms with Crippen LogP contribution in [0.15, 0.2) is 52.9 Å². The van der Waals surface area contributed by atoms with Crippen molar-refractivity contribution in [1.29, 1.82) is 0 Å². The van der Waals surface area contributed by atoms with Crippen molar-refractivity contribution >= 4 is 23.6 Å². The van der Waals surface area contributed by atoms with E-state index in [1.165, 1.54) is 24.2 Å². The lowest BCUT2D eigenvalue weighted by molar-refractivity contribution is -0.134. The third-order valence-electron chi connectivity index (χ3n) is 4.07. The van der Waals surface area contributed by atoms with Gasteiger partial charge in [-0.3, -0.25) is 4.79 Å². The lowest BCUT2D eigenvalue weighted by Crippen LogP contribution is -2.36. The number of fused-ring (bicyclic) bond motifs is 1. The predicted molar refractivity (Wildman–Crippen MR) is 93.6 cm³/mol. The van der Waals surface area contributed by atoms with Crippen molar-refractivity contribution in [2.24, 2.45) is 4.99 Å². The number of aliphatic hydroxyl groups is 1. The summed E-state index contributed by atoms with van der Waals surface area (Å²) in [7, 11) is 1.29. The van der Waals surface area contributed by atoms with Crippen LogP contribution >= 0.6 is 0 Å². The number of methoxy groups -OCH3 is 1. The molecule has 1 amide bonds. The van der Waals surface area contributed by atoms with Crippen molar-refractivity contribution in [2.75, 3.05) is 13.7 Å². The van der Waals surface area contributed by atoms with E-state index in [0.717, 1.165) is 5.56 Å². The molecule has 2 aliphatic heterocycles. The Bertz CT molecular complexity index is 885. The Hall–Kier alpha value is -3.46. The van der Waals surface area contributed by atoms with Crippen LogP contribution in [0.3, 0.4) is 0 Å². The second-order valence-electron chi connectivity index (χ2n) is 5.91. The maximum Gasteiger partial charge on any atom is 0.352 e. The molecule has 2 aliphatic rings. The van der Waals surface area contributed by atoms with E-state index in [0.29, 0.717) is 5.56 Å². The zero-order chi connectivity index (χ0) is 19.6. The van der Waals surface area contributed by atoms with Crippen LogP contribution in [0.25, 0.3) is 0 Å². The molecule has 1 unspecified atom stereocenters. The first kappa shape index (κ1) is 18.3. The highest BCUT2D eigenvalue weighted by atomic mass is 16.5. The van der Waals surface area contributed by atoms with E-state index in [4.69, 9.17) is 0 Å². The lowest BCUT2D eigenvalue weighted by atomic mass is 10.1. The summed E-state index contributed by atoms with van der Waals surface area (Å²) in [5.74, 6) is -1.98. The summed E-state index contributed by atoms with van der Waals surface area (Å²) in [6.07, 6.45) is 1.73. The highest BCUT2D eigenvalue weighted by molar-refractivity contribution is 6.44. The number of amides is 1. The van der Waals surface area contributed by atoms with Crippen molar-refractivity contribution in [2.45, 2.75) is 12.6 Å². The molecule has 1 aromatic rings. The molecule has 0 spiro atoms. The van der Waals surface area contributed by atoms with Crippen molar-refractivity contribution in [3.63, 3.8) is 0 Å². The minimum Gasteiger partial charge on any atom is -0.477 e. The van der Waals surface area contributed by atoms with Crippen LogP contribution in [0.2, 0.25) is 0 Å². The van der Waals surface area contributed by atoms with E-state index in [-0.39, 0.29) is 30.3 Å². The monoisotopic (exact) mass is 371 g/mol. The van der Waals surface area contributed by atoms with Gasteiger partial charge in [0.05, 0.1) is 25.3 Å². The Kier molecular flexibility index (Phi) is 5.04. The molecule has 0 fully saturated rings. The Morgan fingerprint density at radius 1 is 1.30 bits per heavy atom. The molecule has 0 aliphatic carbocycles. The predicted octanol–water partition coefficient (Wildman–Crippen LogP) is 0.0304. The van der Waals surface area contributed by atoms with E-state index < -0.39 is 23.9 Å². The summed E-state index contributed by atoms with van der Waals surface area (Å²) >= 11 is 0. The molecule has 0 bridgehead atoms. The van der Waals surface area contributed by atoms with Crippen LogP contribution < -0.4 is 5.32 Å². The highest BCUT2D eigenvalue weighted by Crippen LogP contribution is 2.26. The molecule has 0 radical (unpaired) electrons. The van der Waals surface area contributed by atoms with Gasteiger partial charge < -0.3 is 25.2 Å². The van der Waals surface area contributed by atoms with Gasteiger partial charge in [-0.15, -0.1) is 0 Å². The lowest BCUT2D eigenvalue weighted by Gasteiger charge is -2.24. The summed E-state index contributed by atoms with van der Waals surface area (Å²) in [5, 5.41) is 21.7. The number of hydrogen-bond acceptors (Lipinski definition) is 7. The number of aliphatic carboxylic acids is 1. The standard InChI is InChI=1S/C18H17N3O6/c1-27-18(26)11-4-2-10(3-5-11)8-19-16(23)13-7-14(17(24)25)21-9-12(22)6-15(21)20-13/h2-7,12,22H,8-9H2,1H3,(H,19,23)(H,24,25). The van der Waals surface area contributed by atoms with Gasteiger partial charge in [-0.1, -0.05) is 12.1 Å². The smallest absolute Gasteiger partial charge is 0.352 e. The molecule has 3 rings (SSSR count). The summed E-state index contributed by atoms with van der Waals surface area (Å²) in [6, 6.07) is 6.50. The van der Waals surface area contributed by atoms with Gasteiger partial charge in [-0.05, 0) is 23.8 Å². The molecule has 27 heavy (non-hydrogen) atoms. The fourth-order valence-corrected chi connectivity index (χ4v) is 2.72. The van der Waals surface area contributed by atoms with Crippen molar-refractivity contribution in [1.82, 2.24) is 10.2 Å². The van der Waals surface area contributed by atoms with Crippen molar-refractivity contribution in [3.05, 3.63) is 59.1 Å². The number of carbonyl (C=O) groups excluding carboxylic acids is 2. The van der Waals surface area contributed by atoms with E-state index in [9.17, 15) is 24.6 Å². The first-order chi connectivity index (χ1) is 12.9. The largest absolute Gasteiger partial charge is 0.477 e. The molecule has 2 heterocycles. The number of nitrogens with zero attached hydrogens (tertiary/aromatic N) is 2. The van der Waals surface area contributed by atoms with Gasteiger partial charge in [0.2, 0.25) is 0 Å². The van der Waals surface area contributed by atoms with Crippen LogP contribution in [0, 0.1) is 0 Å². The summed E-state index contributed by atoms with van der Waals surface area (Å²) < 4.78 is 4.62. The molecule has 1 aromatic carbocycles. The molecular weight excluding hydrogens is 354 g/mol. The van der Waals surface area contributed by atoms with Gasteiger partial charge in [-0.2, -0.15) is 0 Å². The van der Waals surface area contributed by atoms with Crippen LogP contribution in [0.4, 0.5) is 0 Å². The quantitative estimate of drug-likeness (QED) is 0.623. The SMILES string of the molecule is COC(=O)c1ccc(CNC(=O)C2=NC3=CC(O)CN3C(C(=O)O)=C2)cc1. The van der Waals surface area contributed by atoms with Crippen LogP contribution in [-0.2, 0) is 20.9 Å². The fraction of sp³-hybridized carbons (Fsp3) is 0.222. The van der Waals surface area contributed by atoms with E-state index in [1.54, 1.807) is 24.3 Å². The summed E-state index contributed by atoms with van der Waals surface area (Å²) in [4.78, 5) is 40.7. The third kappa shape index (κ3) is 3.87. The number of benzene rings is 1. The van der Waals surface area contributed by atoms with E-state index in [1.807, 2.05) is 0 Å². The second-order valence-corrected chi connectivity index (χ2v) is 5.91. The van der Waals surface area contributed by atoms with Crippen LogP contribution in [0.1, 0.15) is 15.9 Å².